The molecular weight excluding hydrogens is 254 g/mol. The number of rotatable bonds is 10. The van der Waals surface area contributed by atoms with Gasteiger partial charge in [0.25, 0.3) is 0 Å². The molecule has 1 heterocycles. The molecule has 0 atom stereocenters. The van der Waals surface area contributed by atoms with Gasteiger partial charge in [0.05, 0.1) is 0 Å². The Kier molecular flexibility index (Phi) is 8.02. The first kappa shape index (κ1) is 18.7. The summed E-state index contributed by atoms with van der Waals surface area (Å²) >= 11 is 0. The van der Waals surface area contributed by atoms with Crippen molar-refractivity contribution in [3.63, 3.8) is 0 Å². The molecule has 1 fully saturated rings. The van der Waals surface area contributed by atoms with Crippen LogP contribution in [0.1, 0.15) is 91.9 Å². The van der Waals surface area contributed by atoms with E-state index in [0.717, 1.165) is 0 Å². The van der Waals surface area contributed by atoms with Crippen LogP contribution < -0.4 is 0 Å². The molecule has 124 valence electrons. The van der Waals surface area contributed by atoms with E-state index in [4.69, 9.17) is 0 Å². The molecule has 1 heteroatoms. The second-order valence-electron chi connectivity index (χ2n) is 8.09. The van der Waals surface area contributed by atoms with Gasteiger partial charge in [-0.3, -0.25) is 4.90 Å². The minimum Gasteiger partial charge on any atom is -0.298 e. The van der Waals surface area contributed by atoms with Crippen LogP contribution in [0, 0.1) is 5.41 Å². The van der Waals surface area contributed by atoms with E-state index in [2.05, 4.69) is 39.2 Å². The van der Waals surface area contributed by atoms with Crippen molar-refractivity contribution in [1.82, 2.24) is 4.90 Å². The van der Waals surface area contributed by atoms with Gasteiger partial charge in [-0.2, -0.15) is 0 Å². The topological polar surface area (TPSA) is 3.24 Å². The Bertz CT molecular complexity index is 290. The highest BCUT2D eigenvalue weighted by atomic mass is 15.2. The molecule has 1 aliphatic rings. The SMILES string of the molecule is C=CCCCCCCCCCN1CCCC(C)(C)C1(C)C. The lowest BCUT2D eigenvalue weighted by Crippen LogP contribution is -2.57. The molecule has 0 aromatic heterocycles. The minimum absolute atomic E-state index is 0.357. The third kappa shape index (κ3) is 5.77. The van der Waals surface area contributed by atoms with Gasteiger partial charge in [-0.1, -0.05) is 52.0 Å². The van der Waals surface area contributed by atoms with Crippen LogP contribution in [0.15, 0.2) is 12.7 Å². The van der Waals surface area contributed by atoms with Crippen molar-refractivity contribution in [1.29, 1.82) is 0 Å². The number of likely N-dealkylation sites (tertiary alicyclic amines) is 1. The maximum Gasteiger partial charge on any atom is 0.0204 e. The Morgan fingerprint density at radius 2 is 1.48 bits per heavy atom. The second-order valence-corrected chi connectivity index (χ2v) is 8.09. The van der Waals surface area contributed by atoms with Gasteiger partial charge in [0, 0.05) is 5.54 Å². The fourth-order valence-corrected chi connectivity index (χ4v) is 3.59. The van der Waals surface area contributed by atoms with E-state index in [1.807, 2.05) is 6.08 Å². The van der Waals surface area contributed by atoms with Crippen molar-refractivity contribution in [3.8, 4) is 0 Å². The lowest BCUT2D eigenvalue weighted by Gasteiger charge is -2.53. The Labute approximate surface area is 134 Å². The number of hydrogen-bond acceptors (Lipinski definition) is 1. The smallest absolute Gasteiger partial charge is 0.0204 e. The van der Waals surface area contributed by atoms with Gasteiger partial charge in [-0.05, 0) is 64.5 Å². The van der Waals surface area contributed by atoms with Crippen LogP contribution in [-0.4, -0.2) is 23.5 Å². The maximum absolute atomic E-state index is 3.78. The first-order chi connectivity index (χ1) is 9.92. The number of piperidine rings is 1. The lowest BCUT2D eigenvalue weighted by atomic mass is 9.68. The molecule has 0 saturated carbocycles. The summed E-state index contributed by atoms with van der Waals surface area (Å²) in [6.07, 6.45) is 15.8. The van der Waals surface area contributed by atoms with Crippen molar-refractivity contribution < 1.29 is 0 Å². The molecule has 1 saturated heterocycles. The summed E-state index contributed by atoms with van der Waals surface area (Å²) in [5, 5.41) is 0. The van der Waals surface area contributed by atoms with Crippen LogP contribution in [0.4, 0.5) is 0 Å². The van der Waals surface area contributed by atoms with Gasteiger partial charge < -0.3 is 0 Å². The number of unbranched alkanes of at least 4 members (excludes halogenated alkanes) is 7. The average molecular weight is 294 g/mol. The van der Waals surface area contributed by atoms with Gasteiger partial charge in [0.2, 0.25) is 0 Å². The van der Waals surface area contributed by atoms with Gasteiger partial charge in [0.1, 0.15) is 0 Å². The predicted molar refractivity (Wildman–Crippen MR) is 95.8 cm³/mol. The Morgan fingerprint density at radius 1 is 0.905 bits per heavy atom. The van der Waals surface area contributed by atoms with Gasteiger partial charge >= 0.3 is 0 Å². The normalized spacial score (nSPS) is 21.3. The Hall–Kier alpha value is -0.300. The van der Waals surface area contributed by atoms with E-state index in [0.29, 0.717) is 11.0 Å². The first-order valence-corrected chi connectivity index (χ1v) is 9.28. The molecule has 1 rings (SSSR count). The van der Waals surface area contributed by atoms with Crippen LogP contribution in [0.5, 0.6) is 0 Å². The highest BCUT2D eigenvalue weighted by molar-refractivity contribution is 4.98. The van der Waals surface area contributed by atoms with Crippen LogP contribution in [0.25, 0.3) is 0 Å². The third-order valence-corrected chi connectivity index (χ3v) is 6.01. The zero-order valence-corrected chi connectivity index (χ0v) is 15.2. The third-order valence-electron chi connectivity index (χ3n) is 6.01. The summed E-state index contributed by atoms with van der Waals surface area (Å²) < 4.78 is 0. The molecule has 1 nitrogen and oxygen atoms in total. The fraction of sp³-hybridized carbons (Fsp3) is 0.900. The number of hydrogen-bond donors (Lipinski definition) is 0. The average Bonchev–Trinajstić information content (AvgIpc) is 2.41. The minimum atomic E-state index is 0.357. The quantitative estimate of drug-likeness (QED) is 0.343. The molecule has 1 aliphatic heterocycles. The molecular formula is C20H39N. The lowest BCUT2D eigenvalue weighted by molar-refractivity contribution is -0.0311. The molecule has 0 aromatic rings. The van der Waals surface area contributed by atoms with Crippen molar-refractivity contribution in [2.45, 2.75) is 97.4 Å². The van der Waals surface area contributed by atoms with E-state index >= 15 is 0 Å². The summed E-state index contributed by atoms with van der Waals surface area (Å²) in [5.41, 5.74) is 0.812. The molecule has 0 spiro atoms. The molecule has 21 heavy (non-hydrogen) atoms. The van der Waals surface area contributed by atoms with E-state index in [-0.39, 0.29) is 0 Å². The highest BCUT2D eigenvalue weighted by Crippen LogP contribution is 2.43. The summed E-state index contributed by atoms with van der Waals surface area (Å²) in [5.74, 6) is 0. The summed E-state index contributed by atoms with van der Waals surface area (Å²) in [4.78, 5) is 2.75. The van der Waals surface area contributed by atoms with E-state index in [1.165, 1.54) is 77.3 Å². The van der Waals surface area contributed by atoms with Crippen molar-refractivity contribution in [2.24, 2.45) is 5.41 Å². The van der Waals surface area contributed by atoms with Crippen LogP contribution >= 0.6 is 0 Å². The van der Waals surface area contributed by atoms with Crippen molar-refractivity contribution in [2.75, 3.05) is 13.1 Å². The number of nitrogens with zero attached hydrogens (tertiary/aromatic N) is 1. The molecule has 0 aliphatic carbocycles. The van der Waals surface area contributed by atoms with Crippen LogP contribution in [0.3, 0.4) is 0 Å². The molecule has 0 bridgehead atoms. The van der Waals surface area contributed by atoms with E-state index in [9.17, 15) is 0 Å². The van der Waals surface area contributed by atoms with Gasteiger partial charge in [-0.25, -0.2) is 0 Å². The van der Waals surface area contributed by atoms with Crippen LogP contribution in [-0.2, 0) is 0 Å². The Balaban J connectivity index is 2.11. The van der Waals surface area contributed by atoms with Crippen molar-refractivity contribution in [3.05, 3.63) is 12.7 Å². The monoisotopic (exact) mass is 293 g/mol. The molecule has 0 unspecified atom stereocenters. The van der Waals surface area contributed by atoms with Gasteiger partial charge in [-0.15, -0.1) is 6.58 Å². The summed E-state index contributed by atoms with van der Waals surface area (Å²) in [6, 6.07) is 0. The zero-order valence-electron chi connectivity index (χ0n) is 15.2. The molecule has 0 aromatic carbocycles. The molecule has 0 radical (unpaired) electrons. The van der Waals surface area contributed by atoms with E-state index in [1.54, 1.807) is 0 Å². The summed E-state index contributed by atoms with van der Waals surface area (Å²) in [7, 11) is 0. The van der Waals surface area contributed by atoms with Crippen LogP contribution in [0.2, 0.25) is 0 Å². The van der Waals surface area contributed by atoms with Crippen molar-refractivity contribution >= 4 is 0 Å². The standard InChI is InChI=1S/C20H39N/c1-6-7-8-9-10-11-12-13-14-17-21-18-15-16-19(2,3)20(21,4)5/h6H,1,7-18H2,2-5H3. The molecule has 0 amide bonds. The largest absolute Gasteiger partial charge is 0.298 e. The zero-order chi connectivity index (χ0) is 15.8. The second kappa shape index (κ2) is 8.98. The maximum atomic E-state index is 3.78. The Morgan fingerprint density at radius 3 is 2.10 bits per heavy atom. The number of allylic oxidation sites excluding steroid dienone is 1. The van der Waals surface area contributed by atoms with Gasteiger partial charge in [0.15, 0.2) is 0 Å². The molecule has 0 N–H and O–H groups in total. The fourth-order valence-electron chi connectivity index (χ4n) is 3.59. The summed E-state index contributed by atoms with van der Waals surface area (Å²) in [6.45, 7) is 16.2. The first-order valence-electron chi connectivity index (χ1n) is 9.28. The predicted octanol–water partition coefficient (Wildman–Crippen LogP) is 6.19. The van der Waals surface area contributed by atoms with E-state index < -0.39 is 0 Å². The highest BCUT2D eigenvalue weighted by Gasteiger charge is 2.43.